The number of nitrogens with one attached hydrogen (secondary N) is 1. The molecular formula is C16H29NO2. The van der Waals surface area contributed by atoms with Crippen LogP contribution in [0.5, 0.6) is 5.75 Å². The largest absolute Gasteiger partial charge is 0.492 e. The lowest BCUT2D eigenvalue weighted by Crippen LogP contribution is -2.20. The Morgan fingerprint density at radius 1 is 1.37 bits per heavy atom. The molecular weight excluding hydrogens is 238 g/mol. The van der Waals surface area contributed by atoms with E-state index in [2.05, 4.69) is 12.2 Å². The highest BCUT2D eigenvalue weighted by Gasteiger charge is 1.99. The lowest BCUT2D eigenvalue weighted by molar-refractivity contribution is -0.116. The third kappa shape index (κ3) is 9.25. The molecule has 3 heteroatoms. The molecule has 1 N–H and O–H groups in total. The monoisotopic (exact) mass is 267 g/mol. The van der Waals surface area contributed by atoms with Crippen LogP contribution in [0.15, 0.2) is 24.3 Å². The molecule has 1 rings (SSSR count). The Kier molecular flexibility index (Phi) is 10.9. The van der Waals surface area contributed by atoms with E-state index in [1.54, 1.807) is 6.92 Å². The first-order valence-electron chi connectivity index (χ1n) is 7.14. The van der Waals surface area contributed by atoms with Crippen molar-refractivity contribution in [2.45, 2.75) is 40.5 Å². The molecule has 0 atom stereocenters. The molecule has 0 saturated heterocycles. The van der Waals surface area contributed by atoms with Crippen molar-refractivity contribution in [3.05, 3.63) is 29.8 Å². The summed E-state index contributed by atoms with van der Waals surface area (Å²) in [5.74, 6) is 1.10. The second-order valence-electron chi connectivity index (χ2n) is 4.05. The standard InChI is InChI=1S/C14H21NO2.C2H6.H2/c1-3-15-9-10-17-14-6-4-5-13(11-14)8-7-12(2)16;1-2;/h4-6,11,15H,3,7-10H2,1-2H3;1-2H3;1H. The van der Waals surface area contributed by atoms with Gasteiger partial charge in [0.25, 0.3) is 0 Å². The summed E-state index contributed by atoms with van der Waals surface area (Å²) in [5.41, 5.74) is 1.15. The third-order valence-corrected chi connectivity index (χ3v) is 2.46. The quantitative estimate of drug-likeness (QED) is 0.733. The van der Waals surface area contributed by atoms with Gasteiger partial charge in [0.2, 0.25) is 0 Å². The first-order chi connectivity index (χ1) is 9.22. The number of benzene rings is 1. The number of rotatable bonds is 8. The fourth-order valence-corrected chi connectivity index (χ4v) is 1.53. The highest BCUT2D eigenvalue weighted by atomic mass is 16.5. The van der Waals surface area contributed by atoms with Gasteiger partial charge in [0, 0.05) is 14.4 Å². The molecule has 0 saturated carbocycles. The summed E-state index contributed by atoms with van der Waals surface area (Å²) in [7, 11) is 0. The van der Waals surface area contributed by atoms with Crippen molar-refractivity contribution in [1.82, 2.24) is 5.32 Å². The Morgan fingerprint density at radius 2 is 2.11 bits per heavy atom. The number of carbonyl (C=O) groups excluding carboxylic acids is 1. The Balaban J connectivity index is 0. The number of likely N-dealkylation sites (N-methyl/N-ethyl adjacent to an activating group) is 1. The maximum atomic E-state index is 10.9. The minimum absolute atomic E-state index is 0. The molecule has 1 aromatic rings. The Labute approximate surface area is 118 Å². The second-order valence-corrected chi connectivity index (χ2v) is 4.05. The van der Waals surface area contributed by atoms with Gasteiger partial charge >= 0.3 is 0 Å². The molecule has 0 spiro atoms. The molecule has 0 radical (unpaired) electrons. The van der Waals surface area contributed by atoms with Crippen LogP contribution in [0.25, 0.3) is 0 Å². The van der Waals surface area contributed by atoms with Crippen molar-refractivity contribution in [1.29, 1.82) is 0 Å². The SMILES string of the molecule is CC.CCNCCOc1cccc(CCC(C)=O)c1.[HH]. The fourth-order valence-electron chi connectivity index (χ4n) is 1.53. The summed E-state index contributed by atoms with van der Waals surface area (Å²) in [5, 5.41) is 3.20. The van der Waals surface area contributed by atoms with Gasteiger partial charge in [-0.15, -0.1) is 0 Å². The number of hydrogen-bond acceptors (Lipinski definition) is 3. The van der Waals surface area contributed by atoms with E-state index in [9.17, 15) is 4.79 Å². The second kappa shape index (κ2) is 11.7. The van der Waals surface area contributed by atoms with Crippen LogP contribution in [-0.2, 0) is 11.2 Å². The lowest BCUT2D eigenvalue weighted by atomic mass is 10.1. The van der Waals surface area contributed by atoms with Crippen LogP contribution in [0, 0.1) is 0 Å². The van der Waals surface area contributed by atoms with Gasteiger partial charge in [0.1, 0.15) is 18.1 Å². The number of aryl methyl sites for hydroxylation is 1. The molecule has 0 amide bonds. The van der Waals surface area contributed by atoms with Crippen LogP contribution in [0.3, 0.4) is 0 Å². The lowest BCUT2D eigenvalue weighted by Gasteiger charge is -2.08. The fraction of sp³-hybridized carbons (Fsp3) is 0.562. The number of carbonyl (C=O) groups is 1. The van der Waals surface area contributed by atoms with Crippen LogP contribution in [-0.4, -0.2) is 25.5 Å². The van der Waals surface area contributed by atoms with E-state index in [1.807, 2.05) is 38.1 Å². The van der Waals surface area contributed by atoms with Crippen LogP contribution < -0.4 is 10.1 Å². The van der Waals surface area contributed by atoms with Gasteiger partial charge in [-0.1, -0.05) is 32.9 Å². The van der Waals surface area contributed by atoms with Gasteiger partial charge in [-0.2, -0.15) is 0 Å². The van der Waals surface area contributed by atoms with Gasteiger partial charge < -0.3 is 14.8 Å². The topological polar surface area (TPSA) is 38.3 Å². The first kappa shape index (κ1) is 17.6. The summed E-state index contributed by atoms with van der Waals surface area (Å²) < 4.78 is 5.61. The predicted octanol–water partition coefficient (Wildman–Crippen LogP) is 3.47. The van der Waals surface area contributed by atoms with E-state index >= 15 is 0 Å². The molecule has 0 unspecified atom stereocenters. The zero-order valence-electron chi connectivity index (χ0n) is 12.7. The van der Waals surface area contributed by atoms with Crippen LogP contribution >= 0.6 is 0 Å². The maximum absolute atomic E-state index is 10.9. The van der Waals surface area contributed by atoms with Gasteiger partial charge in [-0.3, -0.25) is 0 Å². The smallest absolute Gasteiger partial charge is 0.130 e. The summed E-state index contributed by atoms with van der Waals surface area (Å²) in [6.45, 7) is 10.2. The molecule has 19 heavy (non-hydrogen) atoms. The van der Waals surface area contributed by atoms with Crippen LogP contribution in [0.1, 0.15) is 41.1 Å². The molecule has 3 nitrogen and oxygen atoms in total. The summed E-state index contributed by atoms with van der Waals surface area (Å²) in [4.78, 5) is 10.9. The van der Waals surface area contributed by atoms with Gasteiger partial charge in [0.15, 0.2) is 0 Å². The van der Waals surface area contributed by atoms with E-state index in [4.69, 9.17) is 4.74 Å². The van der Waals surface area contributed by atoms with E-state index in [-0.39, 0.29) is 7.21 Å². The number of ether oxygens (including phenoxy) is 1. The molecule has 110 valence electrons. The molecule has 1 aromatic carbocycles. The Hall–Kier alpha value is -1.35. The normalized spacial score (nSPS) is 9.47. The third-order valence-electron chi connectivity index (χ3n) is 2.46. The minimum atomic E-state index is 0. The average molecular weight is 267 g/mol. The van der Waals surface area contributed by atoms with E-state index in [0.29, 0.717) is 13.0 Å². The number of ketones is 1. The van der Waals surface area contributed by atoms with Crippen molar-refractivity contribution in [2.75, 3.05) is 19.7 Å². The Bertz CT molecular complexity index is 356. The summed E-state index contributed by atoms with van der Waals surface area (Å²) in [6.07, 6.45) is 1.39. The molecule has 0 heterocycles. The van der Waals surface area contributed by atoms with Crippen molar-refractivity contribution < 1.29 is 11.0 Å². The van der Waals surface area contributed by atoms with Crippen LogP contribution in [0.2, 0.25) is 0 Å². The van der Waals surface area contributed by atoms with E-state index in [1.165, 1.54) is 0 Å². The number of hydrogen-bond donors (Lipinski definition) is 1. The van der Waals surface area contributed by atoms with Gasteiger partial charge in [-0.25, -0.2) is 0 Å². The first-order valence-corrected chi connectivity index (χ1v) is 7.14. The highest BCUT2D eigenvalue weighted by Crippen LogP contribution is 2.14. The van der Waals surface area contributed by atoms with Crippen LogP contribution in [0.4, 0.5) is 0 Å². The van der Waals surface area contributed by atoms with Gasteiger partial charge in [-0.05, 0) is 37.6 Å². The van der Waals surface area contributed by atoms with Crippen molar-refractivity contribution in [3.63, 3.8) is 0 Å². The average Bonchev–Trinajstić information content (AvgIpc) is 2.44. The summed E-state index contributed by atoms with van der Waals surface area (Å²) >= 11 is 0. The minimum Gasteiger partial charge on any atom is -0.492 e. The number of Topliss-reactive ketones (excluding diaryl/α,β-unsaturated/α-hetero) is 1. The molecule has 0 bridgehead atoms. The molecule has 0 aromatic heterocycles. The predicted molar refractivity (Wildman–Crippen MR) is 82.9 cm³/mol. The van der Waals surface area contributed by atoms with Crippen molar-refractivity contribution in [2.24, 2.45) is 0 Å². The zero-order valence-corrected chi connectivity index (χ0v) is 12.7. The molecule has 0 aliphatic heterocycles. The highest BCUT2D eigenvalue weighted by molar-refractivity contribution is 5.75. The van der Waals surface area contributed by atoms with Crippen molar-refractivity contribution >= 4 is 5.78 Å². The molecule has 0 aliphatic rings. The summed E-state index contributed by atoms with van der Waals surface area (Å²) in [6, 6.07) is 7.95. The van der Waals surface area contributed by atoms with Gasteiger partial charge in [0.05, 0.1) is 0 Å². The molecule has 0 fully saturated rings. The maximum Gasteiger partial charge on any atom is 0.130 e. The molecule has 0 aliphatic carbocycles. The Morgan fingerprint density at radius 3 is 2.74 bits per heavy atom. The zero-order chi connectivity index (χ0) is 14.5. The van der Waals surface area contributed by atoms with Crippen molar-refractivity contribution in [3.8, 4) is 5.75 Å². The van der Waals surface area contributed by atoms with E-state index < -0.39 is 0 Å². The van der Waals surface area contributed by atoms with E-state index in [0.717, 1.165) is 30.8 Å².